The molecule has 8 heteroatoms. The van der Waals surface area contributed by atoms with E-state index in [4.69, 9.17) is 21.7 Å². The first-order valence-corrected chi connectivity index (χ1v) is 12.7. The quantitative estimate of drug-likeness (QED) is 0.194. The number of unbranched alkanes of at least 4 members (excludes halogenated alkanes) is 4. The Morgan fingerprint density at radius 2 is 1.31 bits per heavy atom. The Kier molecular flexibility index (Phi) is 12.6. The number of benzene rings is 2. The van der Waals surface area contributed by atoms with Gasteiger partial charge in [-0.3, -0.25) is 25.8 Å². The molecule has 0 radical (unpaired) electrons. The van der Waals surface area contributed by atoms with E-state index in [-0.39, 0.29) is 16.9 Å². The molecule has 0 bridgehead atoms. The molecular formula is C27H37N3O4S. The van der Waals surface area contributed by atoms with Crippen LogP contribution in [0.1, 0.15) is 80.0 Å². The molecule has 0 aromatic heterocycles. The number of ether oxygens (including phenoxy) is 2. The summed E-state index contributed by atoms with van der Waals surface area (Å²) in [4.78, 5) is 24.7. The average Bonchev–Trinajstić information content (AvgIpc) is 2.85. The van der Waals surface area contributed by atoms with Gasteiger partial charge in [-0.1, -0.05) is 46.5 Å². The maximum Gasteiger partial charge on any atom is 0.269 e. The van der Waals surface area contributed by atoms with Crippen molar-refractivity contribution in [3.8, 4) is 11.5 Å². The summed E-state index contributed by atoms with van der Waals surface area (Å²) >= 11 is 5.11. The summed E-state index contributed by atoms with van der Waals surface area (Å²) in [7, 11) is 0. The van der Waals surface area contributed by atoms with Gasteiger partial charge in [-0.25, -0.2) is 0 Å². The smallest absolute Gasteiger partial charge is 0.269 e. The minimum absolute atomic E-state index is 0.00982. The lowest BCUT2D eigenvalue weighted by atomic mass is 10.1. The van der Waals surface area contributed by atoms with Crippen LogP contribution in [0.4, 0.5) is 0 Å². The average molecular weight is 500 g/mol. The van der Waals surface area contributed by atoms with Crippen LogP contribution in [0.15, 0.2) is 48.5 Å². The number of hydrogen-bond donors (Lipinski definition) is 3. The Hall–Kier alpha value is -3.13. The van der Waals surface area contributed by atoms with E-state index in [0.29, 0.717) is 36.0 Å². The van der Waals surface area contributed by atoms with Crippen LogP contribution < -0.4 is 25.6 Å². The Morgan fingerprint density at radius 1 is 0.771 bits per heavy atom. The number of hydrazine groups is 1. The molecule has 2 rings (SSSR count). The van der Waals surface area contributed by atoms with Crippen molar-refractivity contribution in [1.29, 1.82) is 0 Å². The lowest BCUT2D eigenvalue weighted by Crippen LogP contribution is -2.48. The highest BCUT2D eigenvalue weighted by Crippen LogP contribution is 2.14. The molecule has 2 aromatic carbocycles. The van der Waals surface area contributed by atoms with Crippen molar-refractivity contribution in [2.75, 3.05) is 13.2 Å². The van der Waals surface area contributed by atoms with Crippen molar-refractivity contribution < 1.29 is 19.1 Å². The summed E-state index contributed by atoms with van der Waals surface area (Å²) in [6.45, 7) is 7.77. The second kappa shape index (κ2) is 15.7. The minimum atomic E-state index is -0.384. The minimum Gasteiger partial charge on any atom is -0.494 e. The second-order valence-corrected chi connectivity index (χ2v) is 9.11. The van der Waals surface area contributed by atoms with Crippen molar-refractivity contribution in [2.45, 2.75) is 59.3 Å². The first kappa shape index (κ1) is 28.1. The molecule has 0 saturated heterocycles. The van der Waals surface area contributed by atoms with E-state index in [1.54, 1.807) is 48.5 Å². The summed E-state index contributed by atoms with van der Waals surface area (Å²) in [6.07, 6.45) is 6.85. The summed E-state index contributed by atoms with van der Waals surface area (Å²) in [6, 6.07) is 13.7. The third-order valence-corrected chi connectivity index (χ3v) is 5.43. The Balaban J connectivity index is 1.70. The highest BCUT2D eigenvalue weighted by molar-refractivity contribution is 7.80. The highest BCUT2D eigenvalue weighted by Gasteiger charge is 2.10. The van der Waals surface area contributed by atoms with Gasteiger partial charge in [0.2, 0.25) is 0 Å². The van der Waals surface area contributed by atoms with E-state index in [0.717, 1.165) is 25.0 Å². The van der Waals surface area contributed by atoms with Crippen LogP contribution in [0.3, 0.4) is 0 Å². The van der Waals surface area contributed by atoms with Gasteiger partial charge in [0, 0.05) is 11.1 Å². The largest absolute Gasteiger partial charge is 0.494 e. The summed E-state index contributed by atoms with van der Waals surface area (Å²) in [5.41, 5.74) is 5.89. The van der Waals surface area contributed by atoms with E-state index in [1.807, 2.05) is 0 Å². The molecule has 0 unspecified atom stereocenters. The second-order valence-electron chi connectivity index (χ2n) is 8.70. The van der Waals surface area contributed by atoms with E-state index >= 15 is 0 Å². The van der Waals surface area contributed by atoms with Gasteiger partial charge in [0.25, 0.3) is 11.8 Å². The molecular weight excluding hydrogens is 462 g/mol. The topological polar surface area (TPSA) is 88.7 Å². The number of rotatable bonds is 13. The van der Waals surface area contributed by atoms with Crippen molar-refractivity contribution in [2.24, 2.45) is 5.92 Å². The van der Waals surface area contributed by atoms with Crippen LogP contribution in [0, 0.1) is 5.92 Å². The Morgan fingerprint density at radius 3 is 1.89 bits per heavy atom. The zero-order valence-electron chi connectivity index (χ0n) is 20.9. The fraction of sp³-hybridized carbons (Fsp3) is 0.444. The van der Waals surface area contributed by atoms with Crippen LogP contribution in [0.2, 0.25) is 0 Å². The molecule has 0 heterocycles. The lowest BCUT2D eigenvalue weighted by molar-refractivity contribution is 0.0934. The molecule has 0 fully saturated rings. The number of nitrogens with one attached hydrogen (secondary N) is 3. The Bertz CT molecular complexity index is 930. The zero-order chi connectivity index (χ0) is 25.5. The predicted molar refractivity (Wildman–Crippen MR) is 143 cm³/mol. The Labute approximate surface area is 213 Å². The maximum atomic E-state index is 12.4. The van der Waals surface area contributed by atoms with Gasteiger partial charge in [-0.15, -0.1) is 0 Å². The monoisotopic (exact) mass is 499 g/mol. The summed E-state index contributed by atoms with van der Waals surface area (Å²) in [5, 5.41) is 2.53. The maximum absolute atomic E-state index is 12.4. The molecule has 0 aliphatic heterocycles. The van der Waals surface area contributed by atoms with Gasteiger partial charge < -0.3 is 9.47 Å². The van der Waals surface area contributed by atoms with Crippen molar-refractivity contribution in [3.63, 3.8) is 0 Å². The van der Waals surface area contributed by atoms with Crippen LogP contribution >= 0.6 is 12.2 Å². The van der Waals surface area contributed by atoms with Gasteiger partial charge in [0.15, 0.2) is 5.11 Å². The van der Waals surface area contributed by atoms with Crippen LogP contribution in [0.5, 0.6) is 11.5 Å². The fourth-order valence-electron chi connectivity index (χ4n) is 3.11. The molecule has 35 heavy (non-hydrogen) atoms. The first-order chi connectivity index (χ1) is 16.9. The molecule has 2 aromatic rings. The van der Waals surface area contributed by atoms with Crippen molar-refractivity contribution in [3.05, 3.63) is 59.7 Å². The van der Waals surface area contributed by atoms with Gasteiger partial charge in [-0.2, -0.15) is 0 Å². The lowest BCUT2D eigenvalue weighted by Gasteiger charge is -2.12. The third-order valence-electron chi connectivity index (χ3n) is 5.23. The SMILES string of the molecule is CCCCCCCOc1ccc(C(=O)NC(=S)NNC(=O)c2ccc(OCCC(C)C)cc2)cc1. The molecule has 0 aliphatic carbocycles. The number of hydrogen-bond acceptors (Lipinski definition) is 5. The molecule has 7 nitrogen and oxygen atoms in total. The van der Waals surface area contributed by atoms with Crippen LogP contribution in [0.25, 0.3) is 0 Å². The van der Waals surface area contributed by atoms with Gasteiger partial charge in [-0.05, 0) is 79.5 Å². The number of thiocarbonyl (C=S) groups is 1. The molecule has 190 valence electrons. The third kappa shape index (κ3) is 11.2. The van der Waals surface area contributed by atoms with E-state index < -0.39 is 0 Å². The normalized spacial score (nSPS) is 10.5. The van der Waals surface area contributed by atoms with Gasteiger partial charge >= 0.3 is 0 Å². The van der Waals surface area contributed by atoms with Crippen LogP contribution in [-0.4, -0.2) is 30.1 Å². The molecule has 0 saturated carbocycles. The van der Waals surface area contributed by atoms with Gasteiger partial charge in [0.05, 0.1) is 13.2 Å². The molecule has 0 spiro atoms. The number of carbonyl (C=O) groups excluding carboxylic acids is 2. The molecule has 0 aliphatic rings. The van der Waals surface area contributed by atoms with Crippen LogP contribution in [-0.2, 0) is 0 Å². The van der Waals surface area contributed by atoms with Crippen molar-refractivity contribution >= 4 is 29.1 Å². The fourth-order valence-corrected chi connectivity index (χ4v) is 3.25. The first-order valence-electron chi connectivity index (χ1n) is 12.3. The standard InChI is InChI=1S/C27H37N3O4S/c1-4-5-6-7-8-18-33-23-13-9-21(10-14-23)25(31)28-27(35)30-29-26(32)22-11-15-24(16-12-22)34-19-17-20(2)3/h9-16,20H,4-8,17-19H2,1-3H3,(H,29,32)(H2,28,30,31,35). The molecule has 3 N–H and O–H groups in total. The molecule has 0 atom stereocenters. The number of amides is 2. The van der Waals surface area contributed by atoms with Gasteiger partial charge in [0.1, 0.15) is 11.5 Å². The van der Waals surface area contributed by atoms with Crippen molar-refractivity contribution in [1.82, 2.24) is 16.2 Å². The number of carbonyl (C=O) groups is 2. The van der Waals surface area contributed by atoms with E-state index in [1.165, 1.54) is 19.3 Å². The zero-order valence-corrected chi connectivity index (χ0v) is 21.7. The summed E-state index contributed by atoms with van der Waals surface area (Å²) < 4.78 is 11.4. The highest BCUT2D eigenvalue weighted by atomic mass is 32.1. The predicted octanol–water partition coefficient (Wildman–Crippen LogP) is 5.41. The summed E-state index contributed by atoms with van der Waals surface area (Å²) in [5.74, 6) is 1.23. The van der Waals surface area contributed by atoms with E-state index in [2.05, 4.69) is 36.9 Å². The molecule has 2 amide bonds. The van der Waals surface area contributed by atoms with E-state index in [9.17, 15) is 9.59 Å².